The Morgan fingerprint density at radius 1 is 0.939 bits per heavy atom. The number of methoxy groups -OCH3 is 1. The van der Waals surface area contributed by atoms with E-state index in [1.165, 1.54) is 12.1 Å². The largest absolute Gasteiger partial charge is 0.464 e. The van der Waals surface area contributed by atoms with Gasteiger partial charge in [-0.05, 0) is 48.7 Å². The van der Waals surface area contributed by atoms with Crippen LogP contribution in [0.4, 0.5) is 8.78 Å². The van der Waals surface area contributed by atoms with Gasteiger partial charge in [-0.25, -0.2) is 8.78 Å². The topological polar surface area (TPSA) is 45.9 Å². The lowest BCUT2D eigenvalue weighted by molar-refractivity contribution is -0.133. The standard InChI is InChI=1S/C26H30F2N2O3/c1-20-8-10-23(33-20)18-30(13-12-21-6-4-3-5-7-21)26(31)19-29(14-15-32-2)17-22-9-11-24(27)25(28)16-22/h3-11,16H,12-15,17-19H2,1-2H3. The second-order valence-corrected chi connectivity index (χ2v) is 8.02. The number of aryl methyl sites for hydroxylation is 1. The van der Waals surface area contributed by atoms with Crippen LogP contribution in [-0.2, 0) is 29.0 Å². The van der Waals surface area contributed by atoms with Crippen molar-refractivity contribution < 1.29 is 22.7 Å². The fourth-order valence-corrected chi connectivity index (χ4v) is 3.58. The SMILES string of the molecule is COCCN(CC(=O)N(CCc1ccccc1)Cc1ccc(C)o1)Cc1ccc(F)c(F)c1. The molecule has 0 radical (unpaired) electrons. The number of ether oxygens (including phenoxy) is 1. The van der Waals surface area contributed by atoms with Crippen molar-refractivity contribution in [1.29, 1.82) is 0 Å². The van der Waals surface area contributed by atoms with Gasteiger partial charge in [0.2, 0.25) is 5.91 Å². The van der Waals surface area contributed by atoms with Crippen LogP contribution in [0.15, 0.2) is 65.1 Å². The zero-order chi connectivity index (χ0) is 23.6. The fraction of sp³-hybridized carbons (Fsp3) is 0.346. The van der Waals surface area contributed by atoms with Gasteiger partial charge in [-0.2, -0.15) is 0 Å². The molecule has 0 saturated heterocycles. The summed E-state index contributed by atoms with van der Waals surface area (Å²) in [5.41, 5.74) is 1.74. The van der Waals surface area contributed by atoms with Gasteiger partial charge in [-0.1, -0.05) is 36.4 Å². The van der Waals surface area contributed by atoms with E-state index in [9.17, 15) is 13.6 Å². The molecule has 3 rings (SSSR count). The molecule has 0 atom stereocenters. The molecule has 0 aliphatic heterocycles. The summed E-state index contributed by atoms with van der Waals surface area (Å²) in [7, 11) is 1.59. The van der Waals surface area contributed by atoms with Gasteiger partial charge in [-0.3, -0.25) is 9.69 Å². The fourth-order valence-electron chi connectivity index (χ4n) is 3.58. The smallest absolute Gasteiger partial charge is 0.237 e. The Morgan fingerprint density at radius 2 is 1.73 bits per heavy atom. The zero-order valence-electron chi connectivity index (χ0n) is 19.1. The van der Waals surface area contributed by atoms with Crippen LogP contribution in [0, 0.1) is 18.6 Å². The van der Waals surface area contributed by atoms with Gasteiger partial charge in [0.15, 0.2) is 11.6 Å². The van der Waals surface area contributed by atoms with Gasteiger partial charge in [-0.15, -0.1) is 0 Å². The number of carbonyl (C=O) groups is 1. The average Bonchev–Trinajstić information content (AvgIpc) is 3.22. The van der Waals surface area contributed by atoms with Gasteiger partial charge in [0.1, 0.15) is 11.5 Å². The number of carbonyl (C=O) groups excluding carboxylic acids is 1. The predicted octanol–water partition coefficient (Wildman–Crippen LogP) is 4.59. The molecule has 176 valence electrons. The first-order chi connectivity index (χ1) is 15.9. The third-order valence-electron chi connectivity index (χ3n) is 5.37. The average molecular weight is 457 g/mol. The maximum atomic E-state index is 13.7. The van der Waals surface area contributed by atoms with Crippen LogP contribution in [0.5, 0.6) is 0 Å². The summed E-state index contributed by atoms with van der Waals surface area (Å²) in [6.45, 7) is 4.09. The molecule has 0 fully saturated rings. The Bertz CT molecular complexity index is 1020. The minimum absolute atomic E-state index is 0.0707. The van der Waals surface area contributed by atoms with Crippen molar-refractivity contribution in [1.82, 2.24) is 9.80 Å². The molecular formula is C26H30F2N2O3. The van der Waals surface area contributed by atoms with E-state index in [2.05, 4.69) is 0 Å². The molecule has 0 aliphatic rings. The highest BCUT2D eigenvalue weighted by molar-refractivity contribution is 5.78. The summed E-state index contributed by atoms with van der Waals surface area (Å²) in [6.07, 6.45) is 0.716. The van der Waals surface area contributed by atoms with E-state index in [4.69, 9.17) is 9.15 Å². The molecule has 5 nitrogen and oxygen atoms in total. The van der Waals surface area contributed by atoms with E-state index in [-0.39, 0.29) is 12.5 Å². The van der Waals surface area contributed by atoms with Crippen molar-refractivity contribution in [3.05, 3.63) is 94.9 Å². The number of rotatable bonds is 12. The Morgan fingerprint density at radius 3 is 2.39 bits per heavy atom. The number of amides is 1. The van der Waals surface area contributed by atoms with Crippen LogP contribution < -0.4 is 0 Å². The highest BCUT2D eigenvalue weighted by atomic mass is 19.2. The summed E-state index contributed by atoms with van der Waals surface area (Å²) >= 11 is 0. The third kappa shape index (κ3) is 7.80. The van der Waals surface area contributed by atoms with E-state index >= 15 is 0 Å². The number of benzene rings is 2. The van der Waals surface area contributed by atoms with Gasteiger partial charge in [0, 0.05) is 26.7 Å². The molecule has 33 heavy (non-hydrogen) atoms. The second kappa shape index (κ2) is 12.3. The lowest BCUT2D eigenvalue weighted by Gasteiger charge is -2.27. The first kappa shape index (κ1) is 24.6. The minimum atomic E-state index is -0.900. The molecular weight excluding hydrogens is 426 g/mol. The van der Waals surface area contributed by atoms with Crippen molar-refractivity contribution in [3.63, 3.8) is 0 Å². The number of hydrogen-bond donors (Lipinski definition) is 0. The maximum absolute atomic E-state index is 13.7. The lowest BCUT2D eigenvalue weighted by Crippen LogP contribution is -2.41. The van der Waals surface area contributed by atoms with Crippen molar-refractivity contribution in [2.45, 2.75) is 26.4 Å². The summed E-state index contributed by atoms with van der Waals surface area (Å²) in [6, 6.07) is 17.5. The van der Waals surface area contributed by atoms with Gasteiger partial charge < -0.3 is 14.1 Å². The number of halogens is 2. The highest BCUT2D eigenvalue weighted by Crippen LogP contribution is 2.14. The van der Waals surface area contributed by atoms with Crippen LogP contribution in [0.2, 0.25) is 0 Å². The number of hydrogen-bond acceptors (Lipinski definition) is 4. The van der Waals surface area contributed by atoms with Crippen LogP contribution in [-0.4, -0.2) is 49.1 Å². The molecule has 0 saturated carbocycles. The molecule has 0 spiro atoms. The summed E-state index contributed by atoms with van der Waals surface area (Å²) in [5.74, 6) is -0.348. The Labute approximate surface area is 193 Å². The van der Waals surface area contributed by atoms with Crippen molar-refractivity contribution in [2.24, 2.45) is 0 Å². The van der Waals surface area contributed by atoms with Crippen LogP contribution in [0.1, 0.15) is 22.6 Å². The van der Waals surface area contributed by atoms with Crippen LogP contribution >= 0.6 is 0 Å². The molecule has 0 aliphatic carbocycles. The maximum Gasteiger partial charge on any atom is 0.237 e. The summed E-state index contributed by atoms with van der Waals surface area (Å²) < 4.78 is 37.9. The quantitative estimate of drug-likeness (QED) is 0.400. The summed E-state index contributed by atoms with van der Waals surface area (Å²) in [4.78, 5) is 17.0. The Kier molecular flexibility index (Phi) is 9.15. The molecule has 0 bridgehead atoms. The van der Waals surface area contributed by atoms with E-state index in [0.29, 0.717) is 44.8 Å². The molecule has 3 aromatic rings. The molecule has 0 N–H and O–H groups in total. The minimum Gasteiger partial charge on any atom is -0.464 e. The predicted molar refractivity (Wildman–Crippen MR) is 123 cm³/mol. The van der Waals surface area contributed by atoms with Crippen LogP contribution in [0.25, 0.3) is 0 Å². The Hall–Kier alpha value is -3.03. The molecule has 1 heterocycles. The van der Waals surface area contributed by atoms with E-state index in [1.807, 2.05) is 54.3 Å². The Balaban J connectivity index is 1.71. The number of furan rings is 1. The van der Waals surface area contributed by atoms with E-state index in [1.54, 1.807) is 12.0 Å². The van der Waals surface area contributed by atoms with Crippen LogP contribution in [0.3, 0.4) is 0 Å². The van der Waals surface area contributed by atoms with Crippen molar-refractivity contribution in [3.8, 4) is 0 Å². The van der Waals surface area contributed by atoms with E-state index < -0.39 is 11.6 Å². The van der Waals surface area contributed by atoms with Crippen molar-refractivity contribution >= 4 is 5.91 Å². The van der Waals surface area contributed by atoms with Gasteiger partial charge in [0.25, 0.3) is 0 Å². The monoisotopic (exact) mass is 456 g/mol. The highest BCUT2D eigenvalue weighted by Gasteiger charge is 2.20. The zero-order valence-corrected chi connectivity index (χ0v) is 19.1. The lowest BCUT2D eigenvalue weighted by atomic mass is 10.1. The molecule has 2 aromatic carbocycles. The first-order valence-corrected chi connectivity index (χ1v) is 11.0. The third-order valence-corrected chi connectivity index (χ3v) is 5.37. The number of nitrogens with zero attached hydrogens (tertiary/aromatic N) is 2. The molecule has 0 unspecified atom stereocenters. The van der Waals surface area contributed by atoms with E-state index in [0.717, 1.165) is 23.2 Å². The van der Waals surface area contributed by atoms with Gasteiger partial charge in [0.05, 0.1) is 19.7 Å². The molecule has 1 amide bonds. The second-order valence-electron chi connectivity index (χ2n) is 8.02. The van der Waals surface area contributed by atoms with Gasteiger partial charge >= 0.3 is 0 Å². The normalized spacial score (nSPS) is 11.2. The van der Waals surface area contributed by atoms with Crippen molar-refractivity contribution in [2.75, 3.05) is 33.4 Å². The summed E-state index contributed by atoms with van der Waals surface area (Å²) in [5, 5.41) is 0. The molecule has 1 aromatic heterocycles. The first-order valence-electron chi connectivity index (χ1n) is 11.0. The molecule has 7 heteroatoms.